The minimum Gasteiger partial charge on any atom is -0.505 e. The van der Waals surface area contributed by atoms with Crippen LogP contribution in [-0.4, -0.2) is 54.0 Å². The van der Waals surface area contributed by atoms with E-state index in [2.05, 4.69) is 25.5 Å². The van der Waals surface area contributed by atoms with Gasteiger partial charge in [0.25, 0.3) is 30.4 Å². The second-order valence-corrected chi connectivity index (χ2v) is 13.0. The molecule has 0 unspecified atom stereocenters. The molecule has 3 aromatic carbocycles. The Kier molecular flexibility index (Phi) is 8.17. The van der Waals surface area contributed by atoms with Crippen molar-refractivity contribution < 1.29 is 44.0 Å². The van der Waals surface area contributed by atoms with Crippen LogP contribution < -0.4 is 5.32 Å². The van der Waals surface area contributed by atoms with Gasteiger partial charge in [0, 0.05) is 5.39 Å². The predicted molar refractivity (Wildman–Crippen MR) is 146 cm³/mol. The van der Waals surface area contributed by atoms with Crippen molar-refractivity contribution in [3.63, 3.8) is 0 Å². The van der Waals surface area contributed by atoms with E-state index in [4.69, 9.17) is 34.8 Å². The average Bonchev–Trinajstić information content (AvgIpc) is 2.84. The number of fused-ring (bicyclic) bond motifs is 1. The van der Waals surface area contributed by atoms with Gasteiger partial charge < -0.3 is 10.4 Å². The molecule has 0 saturated carbocycles. The minimum atomic E-state index is -5.30. The maximum Gasteiger partial charge on any atom is 0.296 e. The summed E-state index contributed by atoms with van der Waals surface area (Å²) in [6.45, 7) is 0. The number of hydrogen-bond acceptors (Lipinski definition) is 12. The summed E-state index contributed by atoms with van der Waals surface area (Å²) in [5.41, 5.74) is -1.72. The van der Waals surface area contributed by atoms with Crippen LogP contribution in [0.5, 0.6) is 5.75 Å². The van der Waals surface area contributed by atoms with E-state index in [1.807, 2.05) is 0 Å². The van der Waals surface area contributed by atoms with Crippen LogP contribution in [0.25, 0.3) is 10.8 Å². The number of halogens is 3. The fourth-order valence-corrected chi connectivity index (χ4v) is 5.99. The number of aromatic hydroxyl groups is 1. The van der Waals surface area contributed by atoms with Gasteiger partial charge in [-0.1, -0.05) is 35.3 Å². The molecule has 4 rings (SSSR count). The number of hydrogen-bond donors (Lipinski definition) is 5. The Morgan fingerprint density at radius 2 is 1.37 bits per heavy atom. The van der Waals surface area contributed by atoms with Crippen LogP contribution in [0.4, 0.5) is 22.9 Å². The zero-order chi connectivity index (χ0) is 30.5. The van der Waals surface area contributed by atoms with Gasteiger partial charge in [0.05, 0.1) is 11.1 Å². The van der Waals surface area contributed by atoms with Crippen molar-refractivity contribution in [2.24, 2.45) is 10.2 Å². The normalized spacial score (nSPS) is 12.7. The molecule has 21 heteroatoms. The average molecular weight is 685 g/mol. The van der Waals surface area contributed by atoms with Crippen molar-refractivity contribution in [3.05, 3.63) is 57.9 Å². The number of phenols is 1. The molecule has 4 aromatic rings. The summed E-state index contributed by atoms with van der Waals surface area (Å²) in [7, 11) is -15.2. The molecule has 0 saturated heterocycles. The minimum absolute atomic E-state index is 0.227. The van der Waals surface area contributed by atoms with E-state index in [-0.39, 0.29) is 27.0 Å². The van der Waals surface area contributed by atoms with Crippen LogP contribution >= 0.6 is 34.8 Å². The van der Waals surface area contributed by atoms with E-state index in [0.29, 0.717) is 6.07 Å². The second-order valence-electron chi connectivity index (χ2n) is 7.77. The number of aromatic nitrogens is 2. The summed E-state index contributed by atoms with van der Waals surface area (Å²) < 4.78 is 101. The molecule has 0 fully saturated rings. The lowest BCUT2D eigenvalue weighted by Crippen LogP contribution is -2.05. The Bertz CT molecular complexity index is 2110. The van der Waals surface area contributed by atoms with Crippen molar-refractivity contribution in [3.8, 4) is 5.75 Å². The molecule has 0 aliphatic carbocycles. The van der Waals surface area contributed by atoms with Gasteiger partial charge in [0.1, 0.15) is 31.1 Å². The number of benzene rings is 3. The topological polar surface area (TPSA) is 246 Å². The predicted octanol–water partition coefficient (Wildman–Crippen LogP) is 5.19. The molecule has 1 aromatic heterocycles. The zero-order valence-electron chi connectivity index (χ0n) is 19.4. The number of anilines is 2. The quantitative estimate of drug-likeness (QED) is 0.0728. The van der Waals surface area contributed by atoms with E-state index in [9.17, 15) is 44.0 Å². The van der Waals surface area contributed by atoms with Crippen molar-refractivity contribution in [2.75, 3.05) is 5.32 Å². The first-order valence-corrected chi connectivity index (χ1v) is 15.8. The Hall–Kier alpha value is -3.20. The standard InChI is InChI=1S/C20H12Cl3N5O10S3/c21-15-18(22)25-20(23)26-19(15)24-10-5-6-11(39(30,31)32)8-7-13(41(36,37)38)16(17(29)14(8)10)28-27-9-3-1-2-4-12(9)40(33,34)35/h1-7,29H,(H,24,25,26)(H,30,31,32)(H,33,34,35)(H,36,37,38). The summed E-state index contributed by atoms with van der Waals surface area (Å²) in [5.74, 6) is -1.38. The van der Waals surface area contributed by atoms with E-state index in [1.165, 1.54) is 12.1 Å². The van der Waals surface area contributed by atoms with Gasteiger partial charge in [-0.25, -0.2) is 4.98 Å². The van der Waals surface area contributed by atoms with E-state index >= 15 is 0 Å². The van der Waals surface area contributed by atoms with E-state index in [0.717, 1.165) is 24.3 Å². The van der Waals surface area contributed by atoms with Crippen LogP contribution in [0.15, 0.2) is 67.4 Å². The first-order chi connectivity index (χ1) is 18.9. The highest BCUT2D eigenvalue weighted by Crippen LogP contribution is 2.47. The molecule has 0 atom stereocenters. The number of azo groups is 1. The fraction of sp³-hybridized carbons (Fsp3) is 0. The number of nitrogens with zero attached hydrogens (tertiary/aromatic N) is 4. The van der Waals surface area contributed by atoms with Gasteiger partial charge in [0.2, 0.25) is 5.28 Å². The first kappa shape index (κ1) is 30.8. The smallest absolute Gasteiger partial charge is 0.296 e. The Labute approximate surface area is 245 Å². The van der Waals surface area contributed by atoms with Crippen LogP contribution in [0.1, 0.15) is 0 Å². The van der Waals surface area contributed by atoms with Crippen LogP contribution in [0, 0.1) is 0 Å². The molecule has 0 amide bonds. The maximum atomic E-state index is 12.3. The summed E-state index contributed by atoms with van der Waals surface area (Å²) in [6.07, 6.45) is 0. The molecular formula is C20H12Cl3N5O10S3. The molecule has 0 radical (unpaired) electrons. The largest absolute Gasteiger partial charge is 0.505 e. The SMILES string of the molecule is O=S(=O)(O)c1ccccc1N=Nc1c(S(=O)(=O)O)cc2c(S(=O)(=O)O)ccc(Nc3nc(Cl)nc(Cl)c3Cl)c2c1O. The highest BCUT2D eigenvalue weighted by atomic mass is 35.5. The molecule has 5 N–H and O–H groups in total. The number of phenolic OH excluding ortho intramolecular Hbond substituents is 1. The fourth-order valence-electron chi connectivity index (χ4n) is 3.52. The summed E-state index contributed by atoms with van der Waals surface area (Å²) in [6, 6.07) is 6.98. The maximum absolute atomic E-state index is 12.3. The monoisotopic (exact) mass is 683 g/mol. The first-order valence-electron chi connectivity index (χ1n) is 10.3. The highest BCUT2D eigenvalue weighted by Gasteiger charge is 2.28. The number of rotatable bonds is 7. The van der Waals surface area contributed by atoms with Gasteiger partial charge in [-0.3, -0.25) is 13.7 Å². The highest BCUT2D eigenvalue weighted by molar-refractivity contribution is 7.86. The van der Waals surface area contributed by atoms with E-state index in [1.54, 1.807) is 0 Å². The summed E-state index contributed by atoms with van der Waals surface area (Å²) in [5, 5.41) is 18.9. The van der Waals surface area contributed by atoms with Crippen LogP contribution in [0.2, 0.25) is 15.5 Å². The van der Waals surface area contributed by atoms with Gasteiger partial charge in [-0.2, -0.15) is 30.2 Å². The van der Waals surface area contributed by atoms with E-state index < -0.39 is 72.9 Å². The molecule has 0 bridgehead atoms. The van der Waals surface area contributed by atoms with Crippen molar-refractivity contribution in [2.45, 2.75) is 14.7 Å². The molecule has 15 nitrogen and oxygen atoms in total. The molecule has 0 aliphatic heterocycles. The van der Waals surface area contributed by atoms with Crippen LogP contribution in [-0.2, 0) is 30.4 Å². The lowest BCUT2D eigenvalue weighted by Gasteiger charge is -2.16. The van der Waals surface area contributed by atoms with Crippen LogP contribution in [0.3, 0.4) is 0 Å². The third-order valence-electron chi connectivity index (χ3n) is 5.17. The van der Waals surface area contributed by atoms with Gasteiger partial charge in [0.15, 0.2) is 16.7 Å². The summed E-state index contributed by atoms with van der Waals surface area (Å²) >= 11 is 17.8. The van der Waals surface area contributed by atoms with Gasteiger partial charge in [-0.15, -0.1) is 10.2 Å². The van der Waals surface area contributed by atoms with Crippen molar-refractivity contribution in [1.82, 2.24) is 9.97 Å². The van der Waals surface area contributed by atoms with Gasteiger partial charge in [-0.05, 0) is 41.9 Å². The van der Waals surface area contributed by atoms with Gasteiger partial charge >= 0.3 is 0 Å². The molecule has 216 valence electrons. The second kappa shape index (κ2) is 10.9. The molecule has 0 spiro atoms. The number of nitrogens with one attached hydrogen (secondary N) is 1. The summed E-state index contributed by atoms with van der Waals surface area (Å²) in [4.78, 5) is 4.65. The molecule has 1 heterocycles. The third kappa shape index (κ3) is 6.35. The Morgan fingerprint density at radius 1 is 0.756 bits per heavy atom. The Morgan fingerprint density at radius 3 is 1.98 bits per heavy atom. The molecular weight excluding hydrogens is 673 g/mol. The Balaban J connectivity index is 2.10. The molecule has 0 aliphatic rings. The lowest BCUT2D eigenvalue weighted by molar-refractivity contribution is 0.471. The lowest BCUT2D eigenvalue weighted by atomic mass is 10.1. The van der Waals surface area contributed by atoms with Crippen molar-refractivity contribution >= 4 is 98.8 Å². The molecule has 41 heavy (non-hydrogen) atoms. The third-order valence-corrected chi connectivity index (χ3v) is 8.75. The van der Waals surface area contributed by atoms with Crippen molar-refractivity contribution in [1.29, 1.82) is 0 Å². The zero-order valence-corrected chi connectivity index (χ0v) is 24.1.